The molecule has 0 radical (unpaired) electrons. The molecule has 1 aromatic carbocycles. The van der Waals surface area contributed by atoms with Crippen LogP contribution in [-0.4, -0.2) is 54.4 Å². The van der Waals surface area contributed by atoms with Gasteiger partial charge in [-0.2, -0.15) is 4.98 Å². The number of carbonyl (C=O) groups excluding carboxylic acids is 1. The van der Waals surface area contributed by atoms with Gasteiger partial charge in [0, 0.05) is 26.1 Å². The Morgan fingerprint density at radius 3 is 3.04 bits per heavy atom. The fourth-order valence-electron chi connectivity index (χ4n) is 3.49. The van der Waals surface area contributed by atoms with Crippen molar-refractivity contribution in [1.82, 2.24) is 15.0 Å². The molecule has 2 heterocycles. The smallest absolute Gasteiger partial charge is 0.231 e. The Morgan fingerprint density at radius 1 is 1.32 bits per heavy atom. The monoisotopic (exact) mass is 385 g/mol. The van der Waals surface area contributed by atoms with Gasteiger partial charge in [0.25, 0.3) is 0 Å². The van der Waals surface area contributed by atoms with Crippen LogP contribution in [0.4, 0.5) is 0 Å². The highest BCUT2D eigenvalue weighted by atomic mass is 16.5. The van der Waals surface area contributed by atoms with Gasteiger partial charge in [-0.05, 0) is 42.9 Å². The lowest BCUT2D eigenvalue weighted by Crippen LogP contribution is -2.29. The summed E-state index contributed by atoms with van der Waals surface area (Å²) in [4.78, 5) is 19.0. The van der Waals surface area contributed by atoms with Gasteiger partial charge < -0.3 is 18.9 Å². The van der Waals surface area contributed by atoms with Crippen molar-refractivity contribution in [2.24, 2.45) is 5.92 Å². The minimum atomic E-state index is 0.114. The minimum Gasteiger partial charge on any atom is -0.497 e. The van der Waals surface area contributed by atoms with Crippen LogP contribution in [0.1, 0.15) is 42.5 Å². The summed E-state index contributed by atoms with van der Waals surface area (Å²) >= 11 is 0. The molecule has 7 nitrogen and oxygen atoms in total. The van der Waals surface area contributed by atoms with Gasteiger partial charge in [0.1, 0.15) is 5.75 Å². The van der Waals surface area contributed by atoms with Crippen molar-refractivity contribution in [1.29, 1.82) is 0 Å². The van der Waals surface area contributed by atoms with E-state index in [1.807, 2.05) is 29.2 Å². The molecule has 0 N–H and O–H groups in total. The minimum absolute atomic E-state index is 0.114. The van der Waals surface area contributed by atoms with E-state index in [0.29, 0.717) is 37.7 Å². The van der Waals surface area contributed by atoms with E-state index in [1.54, 1.807) is 7.11 Å². The summed E-state index contributed by atoms with van der Waals surface area (Å²) in [5, 5.41) is 4.07. The predicted molar refractivity (Wildman–Crippen MR) is 102 cm³/mol. The van der Waals surface area contributed by atoms with Gasteiger partial charge in [0.05, 0.1) is 26.1 Å². The van der Waals surface area contributed by atoms with Gasteiger partial charge in [-0.25, -0.2) is 0 Å². The van der Waals surface area contributed by atoms with Crippen molar-refractivity contribution in [3.8, 4) is 5.75 Å². The van der Waals surface area contributed by atoms with Crippen molar-refractivity contribution in [3.63, 3.8) is 0 Å². The molecule has 1 amide bonds. The molecule has 1 atom stereocenters. The highest BCUT2D eigenvalue weighted by Crippen LogP contribution is 2.29. The molecule has 1 aliphatic heterocycles. The Bertz CT molecular complexity index is 802. The number of rotatable bonds is 9. The zero-order valence-corrected chi connectivity index (χ0v) is 16.3. The average Bonchev–Trinajstić information content (AvgIpc) is 3.19. The highest BCUT2D eigenvalue weighted by Gasteiger charge is 2.31. The maximum Gasteiger partial charge on any atom is 0.231 e. The molecule has 1 saturated carbocycles. The van der Waals surface area contributed by atoms with Crippen LogP contribution in [0.2, 0.25) is 0 Å². The topological polar surface area (TPSA) is 77.7 Å². The maximum absolute atomic E-state index is 12.6. The quantitative estimate of drug-likeness (QED) is 0.618. The van der Waals surface area contributed by atoms with Crippen molar-refractivity contribution in [3.05, 3.63) is 41.5 Å². The molecule has 0 spiro atoms. The number of ether oxygens (including phenoxy) is 2. The highest BCUT2D eigenvalue weighted by molar-refractivity contribution is 5.79. The van der Waals surface area contributed by atoms with Gasteiger partial charge in [-0.1, -0.05) is 17.3 Å². The SMILES string of the molecule is COc1cccc(CC(=O)N2CCC(c3nc(CCOCC4CC4)no3)C2)c1. The molecule has 0 bridgehead atoms. The van der Waals surface area contributed by atoms with Gasteiger partial charge in [0.2, 0.25) is 11.8 Å². The average molecular weight is 385 g/mol. The van der Waals surface area contributed by atoms with Gasteiger partial charge in [0.15, 0.2) is 5.82 Å². The number of nitrogens with zero attached hydrogens (tertiary/aromatic N) is 3. The predicted octanol–water partition coefficient (Wildman–Crippen LogP) is 2.61. The molecular weight excluding hydrogens is 358 g/mol. The maximum atomic E-state index is 12.6. The normalized spacial score (nSPS) is 19.2. The zero-order chi connectivity index (χ0) is 19.3. The van der Waals surface area contributed by atoms with Crippen LogP contribution in [0.5, 0.6) is 5.75 Å². The third-order valence-electron chi connectivity index (χ3n) is 5.38. The summed E-state index contributed by atoms with van der Waals surface area (Å²) in [5.41, 5.74) is 0.957. The third kappa shape index (κ3) is 4.90. The first-order valence-corrected chi connectivity index (χ1v) is 10.0. The van der Waals surface area contributed by atoms with E-state index in [9.17, 15) is 4.79 Å². The molecule has 28 heavy (non-hydrogen) atoms. The molecule has 1 saturated heterocycles. The lowest BCUT2D eigenvalue weighted by atomic mass is 10.1. The van der Waals surface area contributed by atoms with Gasteiger partial charge in [-0.15, -0.1) is 0 Å². The number of likely N-dealkylation sites (tertiary alicyclic amines) is 1. The standard InChI is InChI=1S/C21H27N3O4/c1-26-18-4-2-3-16(11-18)12-20(25)24-9-7-17(13-24)21-22-19(23-28-21)8-10-27-14-15-5-6-15/h2-4,11,15,17H,5-10,12-14H2,1H3. The fourth-order valence-corrected chi connectivity index (χ4v) is 3.49. The lowest BCUT2D eigenvalue weighted by molar-refractivity contribution is -0.129. The summed E-state index contributed by atoms with van der Waals surface area (Å²) < 4.78 is 16.3. The molecule has 150 valence electrons. The molecular formula is C21H27N3O4. The van der Waals surface area contributed by atoms with E-state index in [-0.39, 0.29) is 11.8 Å². The molecule has 7 heteroatoms. The van der Waals surface area contributed by atoms with E-state index in [4.69, 9.17) is 14.0 Å². The number of aromatic nitrogens is 2. The molecule has 4 rings (SSSR count). The van der Waals surface area contributed by atoms with Crippen molar-refractivity contribution in [2.45, 2.75) is 38.0 Å². The van der Waals surface area contributed by atoms with Crippen molar-refractivity contribution >= 4 is 5.91 Å². The number of benzene rings is 1. The van der Waals surface area contributed by atoms with E-state index < -0.39 is 0 Å². The van der Waals surface area contributed by atoms with Crippen LogP contribution in [0.3, 0.4) is 0 Å². The first kappa shape index (κ1) is 18.9. The van der Waals surface area contributed by atoms with Crippen LogP contribution in [0, 0.1) is 5.92 Å². The Labute approximate surface area is 165 Å². The Hall–Kier alpha value is -2.41. The van der Waals surface area contributed by atoms with E-state index >= 15 is 0 Å². The molecule has 2 fully saturated rings. The van der Waals surface area contributed by atoms with Crippen LogP contribution in [0.15, 0.2) is 28.8 Å². The Balaban J connectivity index is 1.25. The van der Waals surface area contributed by atoms with Crippen molar-refractivity contribution in [2.75, 3.05) is 33.4 Å². The summed E-state index contributed by atoms with van der Waals surface area (Å²) in [7, 11) is 1.63. The second-order valence-electron chi connectivity index (χ2n) is 7.67. The zero-order valence-electron chi connectivity index (χ0n) is 16.3. The summed E-state index contributed by atoms with van der Waals surface area (Å²) in [6.45, 7) is 2.82. The Kier molecular flexibility index (Phi) is 5.90. The molecule has 1 unspecified atom stereocenters. The second kappa shape index (κ2) is 8.73. The fraction of sp³-hybridized carbons (Fsp3) is 0.571. The van der Waals surface area contributed by atoms with Crippen LogP contribution in [-0.2, 0) is 22.4 Å². The molecule has 2 aromatic rings. The van der Waals surface area contributed by atoms with E-state index in [1.165, 1.54) is 12.8 Å². The van der Waals surface area contributed by atoms with Crippen LogP contribution in [0.25, 0.3) is 0 Å². The van der Waals surface area contributed by atoms with E-state index in [2.05, 4.69) is 10.1 Å². The molecule has 1 aromatic heterocycles. The molecule has 2 aliphatic rings. The summed E-state index contributed by atoms with van der Waals surface area (Å²) in [6, 6.07) is 7.64. The first-order valence-electron chi connectivity index (χ1n) is 10.0. The van der Waals surface area contributed by atoms with Crippen LogP contribution >= 0.6 is 0 Å². The summed E-state index contributed by atoms with van der Waals surface area (Å²) in [5.74, 6) is 3.08. The van der Waals surface area contributed by atoms with Gasteiger partial charge >= 0.3 is 0 Å². The van der Waals surface area contributed by atoms with Gasteiger partial charge in [-0.3, -0.25) is 4.79 Å². The third-order valence-corrected chi connectivity index (χ3v) is 5.38. The summed E-state index contributed by atoms with van der Waals surface area (Å²) in [6.07, 6.45) is 4.48. The van der Waals surface area contributed by atoms with Crippen molar-refractivity contribution < 1.29 is 18.8 Å². The first-order chi connectivity index (χ1) is 13.7. The number of methoxy groups -OCH3 is 1. The number of amides is 1. The van der Waals surface area contributed by atoms with Crippen LogP contribution < -0.4 is 4.74 Å². The number of hydrogen-bond acceptors (Lipinski definition) is 6. The van der Waals surface area contributed by atoms with E-state index in [0.717, 1.165) is 36.8 Å². The largest absolute Gasteiger partial charge is 0.497 e. The number of carbonyl (C=O) groups is 1. The Morgan fingerprint density at radius 2 is 2.21 bits per heavy atom. The molecule has 1 aliphatic carbocycles. The number of hydrogen-bond donors (Lipinski definition) is 0. The lowest BCUT2D eigenvalue weighted by Gasteiger charge is -2.16. The second-order valence-corrected chi connectivity index (χ2v) is 7.67.